The number of ether oxygens (including phenoxy) is 2. The largest absolute Gasteiger partial charge is 0.481 e. The fourth-order valence-electron chi connectivity index (χ4n) is 2.27. The molecule has 1 heterocycles. The standard InChI is InChI=1S/C13H16O4S/c1-16-10-7-11(17-2)9(13(14)15)6-8(10)12-4-3-5-18-12/h3-6,9-11H,7H2,1-2H3,(H,14,15)/t9-,10-,11-/m0/s1. The Kier molecular flexibility index (Phi) is 4.16. The molecule has 2 rings (SSSR count). The van der Waals surface area contributed by atoms with Crippen LogP contribution in [-0.4, -0.2) is 37.5 Å². The number of hydrogen-bond donors (Lipinski definition) is 1. The molecule has 0 amide bonds. The number of methoxy groups -OCH3 is 2. The summed E-state index contributed by atoms with van der Waals surface area (Å²) in [6.07, 6.45) is 1.88. The third-order valence-corrected chi connectivity index (χ3v) is 4.15. The minimum Gasteiger partial charge on any atom is -0.481 e. The Morgan fingerprint density at radius 1 is 1.44 bits per heavy atom. The van der Waals surface area contributed by atoms with Crippen molar-refractivity contribution in [2.75, 3.05) is 14.2 Å². The van der Waals surface area contributed by atoms with Crippen LogP contribution in [0.25, 0.3) is 5.57 Å². The monoisotopic (exact) mass is 268 g/mol. The fourth-order valence-corrected chi connectivity index (χ4v) is 3.07. The van der Waals surface area contributed by atoms with Gasteiger partial charge in [0.15, 0.2) is 0 Å². The van der Waals surface area contributed by atoms with E-state index in [9.17, 15) is 9.90 Å². The van der Waals surface area contributed by atoms with Gasteiger partial charge in [0.1, 0.15) is 5.92 Å². The topological polar surface area (TPSA) is 55.8 Å². The van der Waals surface area contributed by atoms with E-state index < -0.39 is 11.9 Å². The number of aliphatic carboxylic acids is 1. The molecule has 1 aromatic rings. The number of thiophene rings is 1. The van der Waals surface area contributed by atoms with Crippen molar-refractivity contribution in [3.05, 3.63) is 28.5 Å². The molecule has 98 valence electrons. The van der Waals surface area contributed by atoms with Crippen LogP contribution in [0.3, 0.4) is 0 Å². The molecule has 0 fully saturated rings. The summed E-state index contributed by atoms with van der Waals surface area (Å²) in [4.78, 5) is 12.3. The second-order valence-electron chi connectivity index (χ2n) is 4.20. The van der Waals surface area contributed by atoms with Gasteiger partial charge >= 0.3 is 5.97 Å². The fraction of sp³-hybridized carbons (Fsp3) is 0.462. The van der Waals surface area contributed by atoms with E-state index in [1.807, 2.05) is 17.5 Å². The van der Waals surface area contributed by atoms with Crippen LogP contribution in [0.1, 0.15) is 11.3 Å². The second kappa shape index (κ2) is 5.65. The molecule has 0 saturated carbocycles. The zero-order chi connectivity index (χ0) is 13.1. The van der Waals surface area contributed by atoms with Crippen molar-refractivity contribution < 1.29 is 19.4 Å². The van der Waals surface area contributed by atoms with Crippen LogP contribution in [-0.2, 0) is 14.3 Å². The summed E-state index contributed by atoms with van der Waals surface area (Å²) in [7, 11) is 3.18. The molecule has 0 spiro atoms. The summed E-state index contributed by atoms with van der Waals surface area (Å²) in [5.74, 6) is -1.47. The van der Waals surface area contributed by atoms with Gasteiger partial charge in [-0.1, -0.05) is 12.1 Å². The van der Waals surface area contributed by atoms with Gasteiger partial charge in [0.05, 0.1) is 12.2 Å². The maximum atomic E-state index is 11.3. The Hall–Kier alpha value is -1.17. The van der Waals surface area contributed by atoms with Gasteiger partial charge in [-0.15, -0.1) is 11.3 Å². The molecule has 0 aromatic carbocycles. The average molecular weight is 268 g/mol. The first-order valence-corrected chi connectivity index (χ1v) is 6.59. The molecule has 1 N–H and O–H groups in total. The van der Waals surface area contributed by atoms with E-state index in [1.54, 1.807) is 24.5 Å². The van der Waals surface area contributed by atoms with Crippen molar-refractivity contribution in [3.8, 4) is 0 Å². The lowest BCUT2D eigenvalue weighted by Gasteiger charge is -2.31. The summed E-state index contributed by atoms with van der Waals surface area (Å²) in [6.45, 7) is 0. The van der Waals surface area contributed by atoms with Gasteiger partial charge < -0.3 is 14.6 Å². The van der Waals surface area contributed by atoms with Crippen molar-refractivity contribution >= 4 is 22.9 Å². The van der Waals surface area contributed by atoms with E-state index in [0.29, 0.717) is 6.42 Å². The SMILES string of the molecule is CO[C@H]1C[C@H](OC)[C@@H](C(=O)O)C=C1c1cccs1. The van der Waals surface area contributed by atoms with Gasteiger partial charge in [0.2, 0.25) is 0 Å². The van der Waals surface area contributed by atoms with E-state index >= 15 is 0 Å². The molecule has 0 radical (unpaired) electrons. The summed E-state index contributed by atoms with van der Waals surface area (Å²) in [5.41, 5.74) is 0.952. The van der Waals surface area contributed by atoms with E-state index in [2.05, 4.69) is 0 Å². The molecule has 1 aliphatic carbocycles. The Bertz CT molecular complexity index is 438. The predicted octanol–water partition coefficient (Wildman–Crippen LogP) is 2.27. The lowest BCUT2D eigenvalue weighted by molar-refractivity contribution is -0.145. The van der Waals surface area contributed by atoms with Crippen molar-refractivity contribution in [3.63, 3.8) is 0 Å². The number of carboxylic acids is 1. The van der Waals surface area contributed by atoms with E-state index in [0.717, 1.165) is 10.5 Å². The molecule has 4 nitrogen and oxygen atoms in total. The molecular weight excluding hydrogens is 252 g/mol. The minimum absolute atomic E-state index is 0.107. The van der Waals surface area contributed by atoms with Gasteiger partial charge in [0, 0.05) is 25.5 Å². The first-order chi connectivity index (χ1) is 8.67. The number of carbonyl (C=O) groups is 1. The quantitative estimate of drug-likeness (QED) is 0.910. The molecule has 18 heavy (non-hydrogen) atoms. The molecule has 0 bridgehead atoms. The predicted molar refractivity (Wildman–Crippen MR) is 69.6 cm³/mol. The van der Waals surface area contributed by atoms with E-state index in [4.69, 9.17) is 9.47 Å². The van der Waals surface area contributed by atoms with Gasteiger partial charge in [-0.05, 0) is 17.0 Å². The van der Waals surface area contributed by atoms with Crippen LogP contribution in [0.2, 0.25) is 0 Å². The maximum Gasteiger partial charge on any atom is 0.313 e. The second-order valence-corrected chi connectivity index (χ2v) is 5.15. The van der Waals surface area contributed by atoms with Crippen LogP contribution in [0.5, 0.6) is 0 Å². The molecule has 0 unspecified atom stereocenters. The number of carboxylic acid groups (broad SMARTS) is 1. The van der Waals surface area contributed by atoms with Crippen LogP contribution >= 0.6 is 11.3 Å². The molecule has 1 aromatic heterocycles. The Balaban J connectivity index is 2.37. The smallest absolute Gasteiger partial charge is 0.313 e. The Labute approximate surface area is 110 Å². The molecule has 0 aliphatic heterocycles. The molecule has 3 atom stereocenters. The molecule has 5 heteroatoms. The van der Waals surface area contributed by atoms with Crippen LogP contribution in [0, 0.1) is 5.92 Å². The lowest BCUT2D eigenvalue weighted by Crippen LogP contribution is -2.37. The summed E-state index contributed by atoms with van der Waals surface area (Å²) in [5, 5.41) is 11.2. The maximum absolute atomic E-state index is 11.3. The average Bonchev–Trinajstić information content (AvgIpc) is 2.90. The lowest BCUT2D eigenvalue weighted by atomic mass is 9.85. The Morgan fingerprint density at radius 2 is 2.22 bits per heavy atom. The highest BCUT2D eigenvalue weighted by atomic mass is 32.1. The van der Waals surface area contributed by atoms with Crippen LogP contribution < -0.4 is 0 Å². The van der Waals surface area contributed by atoms with Gasteiger partial charge in [-0.3, -0.25) is 4.79 Å². The first-order valence-electron chi connectivity index (χ1n) is 5.71. The van der Waals surface area contributed by atoms with Crippen molar-refractivity contribution in [2.45, 2.75) is 18.6 Å². The van der Waals surface area contributed by atoms with Crippen LogP contribution in [0.15, 0.2) is 23.6 Å². The van der Waals surface area contributed by atoms with Crippen LogP contribution in [0.4, 0.5) is 0 Å². The third kappa shape index (κ3) is 2.48. The minimum atomic E-state index is -0.856. The number of hydrogen-bond acceptors (Lipinski definition) is 4. The number of rotatable bonds is 4. The third-order valence-electron chi connectivity index (χ3n) is 3.23. The zero-order valence-corrected chi connectivity index (χ0v) is 11.1. The first kappa shape index (κ1) is 13.3. The molecule has 1 aliphatic rings. The highest BCUT2D eigenvalue weighted by molar-refractivity contribution is 7.11. The van der Waals surface area contributed by atoms with Gasteiger partial charge in [0.25, 0.3) is 0 Å². The highest BCUT2D eigenvalue weighted by Gasteiger charge is 2.36. The molecule has 0 saturated heterocycles. The van der Waals surface area contributed by atoms with E-state index in [1.165, 1.54) is 7.11 Å². The summed E-state index contributed by atoms with van der Waals surface area (Å²) >= 11 is 1.59. The van der Waals surface area contributed by atoms with Gasteiger partial charge in [-0.2, -0.15) is 0 Å². The zero-order valence-electron chi connectivity index (χ0n) is 10.3. The van der Waals surface area contributed by atoms with Crippen molar-refractivity contribution in [1.82, 2.24) is 0 Å². The van der Waals surface area contributed by atoms with Crippen molar-refractivity contribution in [1.29, 1.82) is 0 Å². The molecular formula is C13H16O4S. The highest BCUT2D eigenvalue weighted by Crippen LogP contribution is 2.35. The van der Waals surface area contributed by atoms with E-state index in [-0.39, 0.29) is 12.2 Å². The summed E-state index contributed by atoms with van der Waals surface area (Å²) < 4.78 is 10.7. The Morgan fingerprint density at radius 3 is 2.72 bits per heavy atom. The normalized spacial score (nSPS) is 27.9. The summed E-state index contributed by atoms with van der Waals surface area (Å²) in [6, 6.07) is 3.93. The van der Waals surface area contributed by atoms with Crippen molar-refractivity contribution in [2.24, 2.45) is 5.92 Å². The van der Waals surface area contributed by atoms with Gasteiger partial charge in [-0.25, -0.2) is 0 Å².